The number of nitrogens with one attached hydrogen (secondary N) is 2. The summed E-state index contributed by atoms with van der Waals surface area (Å²) in [5.74, 6) is 0.153. The summed E-state index contributed by atoms with van der Waals surface area (Å²) in [7, 11) is 0. The van der Waals surface area contributed by atoms with Gasteiger partial charge in [0.15, 0.2) is 0 Å². The van der Waals surface area contributed by atoms with Gasteiger partial charge in [0.2, 0.25) is 11.8 Å². The molecule has 1 atom stereocenters. The minimum Gasteiger partial charge on any atom is -0.353 e. The molecule has 2 N–H and O–H groups in total. The summed E-state index contributed by atoms with van der Waals surface area (Å²) in [6.45, 7) is 4.06. The van der Waals surface area contributed by atoms with Gasteiger partial charge in [-0.2, -0.15) is 0 Å². The third kappa shape index (κ3) is 6.65. The van der Waals surface area contributed by atoms with Gasteiger partial charge in [0.05, 0.1) is 12.6 Å². The summed E-state index contributed by atoms with van der Waals surface area (Å²) >= 11 is 0. The second-order valence-electron chi connectivity index (χ2n) is 9.00. The molecule has 3 aromatic rings. The predicted octanol–water partition coefficient (Wildman–Crippen LogP) is 4.23. The van der Waals surface area contributed by atoms with Crippen molar-refractivity contribution < 1.29 is 9.59 Å². The van der Waals surface area contributed by atoms with Crippen molar-refractivity contribution in [2.24, 2.45) is 0 Å². The first-order chi connectivity index (χ1) is 16.1. The van der Waals surface area contributed by atoms with Gasteiger partial charge in [-0.15, -0.1) is 0 Å². The quantitative estimate of drug-likeness (QED) is 0.548. The van der Waals surface area contributed by atoms with Crippen LogP contribution in [0.4, 0.5) is 0 Å². The van der Waals surface area contributed by atoms with Gasteiger partial charge in [0, 0.05) is 25.6 Å². The lowest BCUT2D eigenvalue weighted by Gasteiger charge is -2.32. The Labute approximate surface area is 196 Å². The Morgan fingerprint density at radius 1 is 0.909 bits per heavy atom. The fourth-order valence-electron chi connectivity index (χ4n) is 4.49. The van der Waals surface area contributed by atoms with Crippen molar-refractivity contribution in [1.29, 1.82) is 0 Å². The number of nitrogens with zero attached hydrogens (tertiary/aromatic N) is 1. The average molecular weight is 444 g/mol. The number of carbonyl (C=O) groups is 2. The first-order valence-corrected chi connectivity index (χ1v) is 11.9. The van der Waals surface area contributed by atoms with Crippen LogP contribution in [-0.2, 0) is 16.0 Å². The van der Waals surface area contributed by atoms with Gasteiger partial charge in [-0.1, -0.05) is 66.7 Å². The molecule has 1 heterocycles. The van der Waals surface area contributed by atoms with E-state index in [4.69, 9.17) is 0 Å². The molecule has 0 aromatic heterocycles. The van der Waals surface area contributed by atoms with Crippen LogP contribution in [0.5, 0.6) is 0 Å². The van der Waals surface area contributed by atoms with Crippen molar-refractivity contribution in [3.8, 4) is 0 Å². The van der Waals surface area contributed by atoms with Crippen LogP contribution < -0.4 is 10.6 Å². The van der Waals surface area contributed by atoms with E-state index in [1.54, 1.807) is 0 Å². The molecule has 1 aliphatic rings. The van der Waals surface area contributed by atoms with Gasteiger partial charge in [-0.3, -0.25) is 14.5 Å². The van der Waals surface area contributed by atoms with Gasteiger partial charge in [-0.05, 0) is 54.2 Å². The van der Waals surface area contributed by atoms with Gasteiger partial charge in [-0.25, -0.2) is 0 Å². The van der Waals surface area contributed by atoms with Crippen LogP contribution in [0, 0.1) is 0 Å². The van der Waals surface area contributed by atoms with E-state index in [1.807, 2.05) is 37.3 Å². The van der Waals surface area contributed by atoms with E-state index in [0.29, 0.717) is 13.0 Å². The van der Waals surface area contributed by atoms with Crippen LogP contribution in [0.3, 0.4) is 0 Å². The zero-order valence-electron chi connectivity index (χ0n) is 19.3. The van der Waals surface area contributed by atoms with E-state index >= 15 is 0 Å². The molecular formula is C28H33N3O2. The molecule has 2 amide bonds. The van der Waals surface area contributed by atoms with Gasteiger partial charge in [0.1, 0.15) is 0 Å². The molecule has 5 heteroatoms. The van der Waals surface area contributed by atoms with E-state index in [2.05, 4.69) is 58.0 Å². The Kier molecular flexibility index (Phi) is 7.74. The fourth-order valence-corrected chi connectivity index (χ4v) is 4.49. The van der Waals surface area contributed by atoms with Gasteiger partial charge in [0.25, 0.3) is 0 Å². The largest absolute Gasteiger partial charge is 0.353 e. The maximum atomic E-state index is 12.6. The van der Waals surface area contributed by atoms with E-state index in [-0.39, 0.29) is 23.9 Å². The number of rotatable bonds is 8. The highest BCUT2D eigenvalue weighted by atomic mass is 16.2. The molecular weight excluding hydrogens is 410 g/mol. The monoisotopic (exact) mass is 443 g/mol. The lowest BCUT2D eigenvalue weighted by molar-refractivity contribution is -0.124. The Balaban J connectivity index is 1.17. The van der Waals surface area contributed by atoms with Gasteiger partial charge >= 0.3 is 0 Å². The molecule has 0 radical (unpaired) electrons. The third-order valence-corrected chi connectivity index (χ3v) is 6.45. The molecule has 0 spiro atoms. The molecule has 33 heavy (non-hydrogen) atoms. The fraction of sp³-hybridized carbons (Fsp3) is 0.357. The minimum atomic E-state index is -0.0384. The number of hydrogen-bond acceptors (Lipinski definition) is 3. The lowest BCUT2D eigenvalue weighted by Crippen LogP contribution is -2.47. The van der Waals surface area contributed by atoms with Crippen molar-refractivity contribution in [3.63, 3.8) is 0 Å². The maximum absolute atomic E-state index is 12.6. The minimum absolute atomic E-state index is 0.0384. The lowest BCUT2D eigenvalue weighted by atomic mass is 10.0. The number of benzene rings is 3. The van der Waals surface area contributed by atoms with Crippen molar-refractivity contribution >= 4 is 22.6 Å². The van der Waals surface area contributed by atoms with Crippen LogP contribution in [0.2, 0.25) is 0 Å². The maximum Gasteiger partial charge on any atom is 0.234 e. The zero-order valence-corrected chi connectivity index (χ0v) is 19.3. The molecule has 1 unspecified atom stereocenters. The summed E-state index contributed by atoms with van der Waals surface area (Å²) < 4.78 is 0. The molecule has 0 aliphatic carbocycles. The smallest absolute Gasteiger partial charge is 0.234 e. The van der Waals surface area contributed by atoms with E-state index in [0.717, 1.165) is 37.9 Å². The molecule has 172 valence electrons. The zero-order chi connectivity index (χ0) is 23.0. The normalized spacial score (nSPS) is 15.8. The Morgan fingerprint density at radius 2 is 1.61 bits per heavy atom. The summed E-state index contributed by atoms with van der Waals surface area (Å²) in [4.78, 5) is 27.1. The summed E-state index contributed by atoms with van der Waals surface area (Å²) in [5.41, 5.74) is 2.30. The van der Waals surface area contributed by atoms with Crippen LogP contribution in [0.15, 0.2) is 72.8 Å². The summed E-state index contributed by atoms with van der Waals surface area (Å²) in [6, 6.07) is 24.8. The molecule has 3 aromatic carbocycles. The number of piperidine rings is 1. The average Bonchev–Trinajstić information content (AvgIpc) is 2.84. The Morgan fingerprint density at radius 3 is 2.36 bits per heavy atom. The molecule has 1 aliphatic heterocycles. The third-order valence-electron chi connectivity index (χ3n) is 6.45. The van der Waals surface area contributed by atoms with Crippen molar-refractivity contribution in [2.45, 2.75) is 44.7 Å². The molecule has 0 saturated carbocycles. The molecule has 4 rings (SSSR count). The highest BCUT2D eigenvalue weighted by Gasteiger charge is 2.22. The van der Waals surface area contributed by atoms with Crippen LogP contribution >= 0.6 is 0 Å². The second-order valence-corrected chi connectivity index (χ2v) is 9.00. The number of hydrogen-bond donors (Lipinski definition) is 2. The van der Waals surface area contributed by atoms with Crippen molar-refractivity contribution in [3.05, 3.63) is 83.9 Å². The Hall–Kier alpha value is -3.18. The number of likely N-dealkylation sites (tertiary alicyclic amines) is 1. The first-order valence-electron chi connectivity index (χ1n) is 11.9. The van der Waals surface area contributed by atoms with Crippen LogP contribution in [0.1, 0.15) is 43.4 Å². The number of fused-ring (bicyclic) bond motifs is 1. The molecule has 1 fully saturated rings. The summed E-state index contributed by atoms with van der Waals surface area (Å²) in [6.07, 6.45) is 3.04. The topological polar surface area (TPSA) is 61.4 Å². The summed E-state index contributed by atoms with van der Waals surface area (Å²) in [5, 5.41) is 8.69. The predicted molar refractivity (Wildman–Crippen MR) is 133 cm³/mol. The number of aryl methyl sites for hydroxylation is 1. The number of carbonyl (C=O) groups excluding carboxylic acids is 2. The van der Waals surface area contributed by atoms with Crippen LogP contribution in [0.25, 0.3) is 10.8 Å². The second kappa shape index (κ2) is 11.1. The number of amides is 2. The van der Waals surface area contributed by atoms with E-state index in [9.17, 15) is 9.59 Å². The highest BCUT2D eigenvalue weighted by molar-refractivity contribution is 5.83. The van der Waals surface area contributed by atoms with Gasteiger partial charge < -0.3 is 10.6 Å². The van der Waals surface area contributed by atoms with Crippen molar-refractivity contribution in [1.82, 2.24) is 15.5 Å². The van der Waals surface area contributed by atoms with Crippen molar-refractivity contribution in [2.75, 3.05) is 19.6 Å². The Bertz CT molecular complexity index is 1070. The highest BCUT2D eigenvalue weighted by Crippen LogP contribution is 2.20. The van der Waals surface area contributed by atoms with Crippen LogP contribution in [-0.4, -0.2) is 42.4 Å². The SMILES string of the molecule is CC(NC(=O)CN1CCC(NC(=O)CCc2ccccc2)CC1)c1ccc2ccccc2c1. The first kappa shape index (κ1) is 23.0. The standard InChI is InChI=1S/C28H33N3O2/c1-21(24-13-12-23-9-5-6-10-25(23)19-24)29-28(33)20-31-17-15-26(16-18-31)30-27(32)14-11-22-7-3-2-4-8-22/h2-10,12-13,19,21,26H,11,14-18,20H2,1H3,(H,29,33)(H,30,32). The molecule has 5 nitrogen and oxygen atoms in total. The molecule has 0 bridgehead atoms. The van der Waals surface area contributed by atoms with E-state index < -0.39 is 0 Å². The van der Waals surface area contributed by atoms with E-state index in [1.165, 1.54) is 16.3 Å². The molecule has 1 saturated heterocycles.